The zero-order valence-corrected chi connectivity index (χ0v) is 14.0. The van der Waals surface area contributed by atoms with Crippen molar-refractivity contribution in [2.24, 2.45) is 0 Å². The lowest BCUT2D eigenvalue weighted by molar-refractivity contribution is 0.484. The lowest BCUT2D eigenvalue weighted by Gasteiger charge is -2.14. The second kappa shape index (κ2) is 8.96. The van der Waals surface area contributed by atoms with Crippen molar-refractivity contribution >= 4 is 11.3 Å². The van der Waals surface area contributed by atoms with Gasteiger partial charge in [-0.15, -0.1) is 11.3 Å². The van der Waals surface area contributed by atoms with E-state index in [-0.39, 0.29) is 0 Å². The highest BCUT2D eigenvalue weighted by Gasteiger charge is 2.11. The molecule has 2 rings (SSSR count). The smallest absolute Gasteiger partial charge is 0.0948 e. The number of aromatic nitrogens is 1. The van der Waals surface area contributed by atoms with Gasteiger partial charge in [-0.25, -0.2) is 4.98 Å². The standard InChI is InChI=1S/C18H26N2S/c1-3-4-5-9-12-16(19-2)13-18-20-17(14-21-18)15-10-7-6-8-11-15/h6-8,10-11,14,16,19H,3-5,9,12-13H2,1-2H3. The maximum Gasteiger partial charge on any atom is 0.0948 e. The average molecular weight is 302 g/mol. The van der Waals surface area contributed by atoms with E-state index >= 15 is 0 Å². The summed E-state index contributed by atoms with van der Waals surface area (Å²) in [7, 11) is 2.07. The van der Waals surface area contributed by atoms with Crippen molar-refractivity contribution in [2.75, 3.05) is 7.05 Å². The largest absolute Gasteiger partial charge is 0.317 e. The van der Waals surface area contributed by atoms with Crippen LogP contribution in [-0.2, 0) is 6.42 Å². The van der Waals surface area contributed by atoms with Gasteiger partial charge in [0.05, 0.1) is 10.7 Å². The van der Waals surface area contributed by atoms with Gasteiger partial charge < -0.3 is 5.32 Å². The monoisotopic (exact) mass is 302 g/mol. The Morgan fingerprint density at radius 2 is 1.95 bits per heavy atom. The molecule has 0 aliphatic carbocycles. The van der Waals surface area contributed by atoms with Crippen molar-refractivity contribution in [2.45, 2.75) is 51.5 Å². The van der Waals surface area contributed by atoms with E-state index in [1.54, 1.807) is 11.3 Å². The SMILES string of the molecule is CCCCCCC(Cc1nc(-c2ccccc2)cs1)NC. The summed E-state index contributed by atoms with van der Waals surface area (Å²) in [6, 6.07) is 11.0. The Morgan fingerprint density at radius 1 is 1.14 bits per heavy atom. The van der Waals surface area contributed by atoms with Gasteiger partial charge in [-0.3, -0.25) is 0 Å². The van der Waals surface area contributed by atoms with E-state index in [0.29, 0.717) is 6.04 Å². The third-order valence-corrected chi connectivity index (χ3v) is 4.73. The fourth-order valence-corrected chi connectivity index (χ4v) is 3.41. The summed E-state index contributed by atoms with van der Waals surface area (Å²) >= 11 is 1.78. The van der Waals surface area contributed by atoms with Crippen LogP contribution in [0.25, 0.3) is 11.3 Å². The fourth-order valence-electron chi connectivity index (χ4n) is 2.52. The first-order chi connectivity index (χ1) is 10.3. The molecule has 0 aliphatic rings. The Kier molecular flexibility index (Phi) is 6.90. The van der Waals surface area contributed by atoms with Gasteiger partial charge in [-0.05, 0) is 13.5 Å². The lowest BCUT2D eigenvalue weighted by Crippen LogP contribution is -2.27. The van der Waals surface area contributed by atoms with Crippen LogP contribution in [0.3, 0.4) is 0 Å². The molecule has 0 fully saturated rings. The van der Waals surface area contributed by atoms with E-state index in [0.717, 1.165) is 12.1 Å². The van der Waals surface area contributed by atoms with Crippen LogP contribution in [0.2, 0.25) is 0 Å². The summed E-state index contributed by atoms with van der Waals surface area (Å²) in [5.74, 6) is 0. The summed E-state index contributed by atoms with van der Waals surface area (Å²) in [4.78, 5) is 4.79. The number of nitrogens with zero attached hydrogens (tertiary/aromatic N) is 1. The van der Waals surface area contributed by atoms with E-state index < -0.39 is 0 Å². The Bertz CT molecular complexity index is 507. The van der Waals surface area contributed by atoms with Crippen molar-refractivity contribution in [3.8, 4) is 11.3 Å². The van der Waals surface area contributed by atoms with E-state index in [4.69, 9.17) is 4.98 Å². The van der Waals surface area contributed by atoms with Crippen LogP contribution in [0.15, 0.2) is 35.7 Å². The first-order valence-corrected chi connectivity index (χ1v) is 8.88. The van der Waals surface area contributed by atoms with E-state index in [1.807, 2.05) is 6.07 Å². The molecule has 0 aliphatic heterocycles. The minimum Gasteiger partial charge on any atom is -0.317 e. The number of rotatable bonds is 9. The van der Waals surface area contributed by atoms with Gasteiger partial charge in [-0.1, -0.05) is 62.9 Å². The van der Waals surface area contributed by atoms with Crippen LogP contribution in [0.4, 0.5) is 0 Å². The van der Waals surface area contributed by atoms with Gasteiger partial charge >= 0.3 is 0 Å². The number of unbranched alkanes of at least 4 members (excludes halogenated alkanes) is 3. The van der Waals surface area contributed by atoms with Crippen LogP contribution >= 0.6 is 11.3 Å². The molecule has 1 unspecified atom stereocenters. The van der Waals surface area contributed by atoms with E-state index in [2.05, 4.69) is 48.9 Å². The minimum atomic E-state index is 0.552. The summed E-state index contributed by atoms with van der Waals surface area (Å²) < 4.78 is 0. The van der Waals surface area contributed by atoms with Crippen LogP contribution in [0, 0.1) is 0 Å². The summed E-state index contributed by atoms with van der Waals surface area (Å²) in [5, 5.41) is 6.86. The Labute approximate surface area is 132 Å². The molecule has 3 heteroatoms. The molecule has 21 heavy (non-hydrogen) atoms. The van der Waals surface area contributed by atoms with Gasteiger partial charge in [0.15, 0.2) is 0 Å². The van der Waals surface area contributed by atoms with Crippen molar-refractivity contribution in [3.05, 3.63) is 40.7 Å². The predicted molar refractivity (Wildman–Crippen MR) is 92.9 cm³/mol. The van der Waals surface area contributed by atoms with Crippen LogP contribution in [0.5, 0.6) is 0 Å². The molecule has 1 aromatic heterocycles. The van der Waals surface area contributed by atoms with Gasteiger partial charge in [0.1, 0.15) is 0 Å². The van der Waals surface area contributed by atoms with E-state index in [1.165, 1.54) is 42.7 Å². The molecule has 0 saturated heterocycles. The molecule has 1 N–H and O–H groups in total. The third kappa shape index (κ3) is 5.25. The minimum absolute atomic E-state index is 0.552. The van der Waals surface area contributed by atoms with Gasteiger partial charge in [0.2, 0.25) is 0 Å². The van der Waals surface area contributed by atoms with Crippen LogP contribution in [-0.4, -0.2) is 18.1 Å². The number of likely N-dealkylation sites (N-methyl/N-ethyl adjacent to an activating group) is 1. The van der Waals surface area contributed by atoms with Crippen molar-refractivity contribution < 1.29 is 0 Å². The second-order valence-electron chi connectivity index (χ2n) is 5.53. The van der Waals surface area contributed by atoms with Gasteiger partial charge in [0.25, 0.3) is 0 Å². The number of thiazole rings is 1. The number of benzene rings is 1. The predicted octanol–water partition coefficient (Wildman–Crippen LogP) is 4.91. The van der Waals surface area contributed by atoms with E-state index in [9.17, 15) is 0 Å². The molecule has 2 aromatic rings. The third-order valence-electron chi connectivity index (χ3n) is 3.86. The van der Waals surface area contributed by atoms with Crippen molar-refractivity contribution in [1.29, 1.82) is 0 Å². The Morgan fingerprint density at radius 3 is 2.67 bits per heavy atom. The topological polar surface area (TPSA) is 24.9 Å². The molecule has 1 atom stereocenters. The molecule has 2 nitrogen and oxygen atoms in total. The average Bonchev–Trinajstić information content (AvgIpc) is 3.00. The number of nitrogens with one attached hydrogen (secondary N) is 1. The molecule has 0 saturated carbocycles. The molecule has 1 aromatic carbocycles. The second-order valence-corrected chi connectivity index (χ2v) is 6.47. The molecular weight excluding hydrogens is 276 g/mol. The Balaban J connectivity index is 1.88. The van der Waals surface area contributed by atoms with Crippen LogP contribution in [0.1, 0.15) is 44.0 Å². The molecule has 1 heterocycles. The normalized spacial score (nSPS) is 12.5. The number of hydrogen-bond acceptors (Lipinski definition) is 3. The van der Waals surface area contributed by atoms with Crippen LogP contribution < -0.4 is 5.32 Å². The first kappa shape index (κ1) is 16.2. The highest BCUT2D eigenvalue weighted by Crippen LogP contribution is 2.23. The molecule has 114 valence electrons. The maximum absolute atomic E-state index is 4.79. The first-order valence-electron chi connectivity index (χ1n) is 8.00. The summed E-state index contributed by atoms with van der Waals surface area (Å²) in [5.41, 5.74) is 2.32. The molecule has 0 radical (unpaired) electrons. The maximum atomic E-state index is 4.79. The molecule has 0 bridgehead atoms. The molecular formula is C18H26N2S. The van der Waals surface area contributed by atoms with Crippen molar-refractivity contribution in [3.63, 3.8) is 0 Å². The highest BCUT2D eigenvalue weighted by atomic mass is 32.1. The summed E-state index contributed by atoms with van der Waals surface area (Å²) in [6.45, 7) is 2.26. The van der Waals surface area contributed by atoms with Gasteiger partial charge in [-0.2, -0.15) is 0 Å². The number of hydrogen-bond donors (Lipinski definition) is 1. The molecule has 0 spiro atoms. The lowest BCUT2D eigenvalue weighted by atomic mass is 10.1. The fraction of sp³-hybridized carbons (Fsp3) is 0.500. The zero-order valence-electron chi connectivity index (χ0n) is 13.1. The summed E-state index contributed by atoms with van der Waals surface area (Å²) in [6.07, 6.45) is 7.61. The molecule has 0 amide bonds. The van der Waals surface area contributed by atoms with Crippen molar-refractivity contribution in [1.82, 2.24) is 10.3 Å². The zero-order chi connectivity index (χ0) is 14.9. The van der Waals surface area contributed by atoms with Gasteiger partial charge in [0, 0.05) is 23.4 Å². The highest BCUT2D eigenvalue weighted by molar-refractivity contribution is 7.09. The Hall–Kier alpha value is -1.19. The quantitative estimate of drug-likeness (QED) is 0.666.